The van der Waals surface area contributed by atoms with Gasteiger partial charge in [0.1, 0.15) is 12.5 Å². The molecule has 7 rings (SSSR count). The summed E-state index contributed by atoms with van der Waals surface area (Å²) in [6.45, 7) is 24.0. The molecule has 10 nitrogen and oxygen atoms in total. The van der Waals surface area contributed by atoms with Crippen LogP contribution in [0.5, 0.6) is 0 Å². The maximum atomic E-state index is 14.4. The van der Waals surface area contributed by atoms with Crippen molar-refractivity contribution in [3.8, 4) is 0 Å². The summed E-state index contributed by atoms with van der Waals surface area (Å²) >= 11 is 0. The fourth-order valence-electron chi connectivity index (χ4n) is 11.4. The molecule has 2 unspecified atom stereocenters. The number of rotatable bonds is 17. The zero-order chi connectivity index (χ0) is 46.9. The highest BCUT2D eigenvalue weighted by molar-refractivity contribution is 7.59. The van der Waals surface area contributed by atoms with Gasteiger partial charge in [-0.2, -0.15) is 27.0 Å². The van der Waals surface area contributed by atoms with E-state index < -0.39 is 11.9 Å². The Morgan fingerprint density at radius 3 is 2.39 bits per heavy atom. The molecule has 3 fully saturated rings. The monoisotopic (exact) mass is 951 g/mol. The largest absolute Gasteiger partial charge is 0.515 e. The Balaban J connectivity index is 0.00000420. The van der Waals surface area contributed by atoms with Crippen LogP contribution >= 0.6 is 27.0 Å². The molecular formula is C55H74N4O6S2. The molecule has 0 aromatic rings. The zero-order valence-electron chi connectivity index (χ0n) is 41.5. The highest BCUT2D eigenvalue weighted by atomic mass is 32.1. The molecule has 67 heavy (non-hydrogen) atoms. The maximum Gasteiger partial charge on any atom is 0.321 e. The summed E-state index contributed by atoms with van der Waals surface area (Å²) in [7, 11) is 1.29. The van der Waals surface area contributed by atoms with Crippen molar-refractivity contribution in [2.24, 2.45) is 55.9 Å². The van der Waals surface area contributed by atoms with Crippen LogP contribution in [-0.2, 0) is 23.9 Å². The number of esters is 2. The molecule has 0 aromatic heterocycles. The Morgan fingerprint density at radius 1 is 1.01 bits per heavy atom. The smallest absolute Gasteiger partial charge is 0.321 e. The minimum absolute atomic E-state index is 0. The SMILES string of the molecule is C=CC1=C(C)C2=NC1=CC1=NC(=C(CC)C1=CO)C=C1N=C3C(=C1C)C(=O)C(C(=O)OC)C3=C1NC(=C2)[C@@H](C)[C@@H]1CCC(=O)OC/C=C(\C)CCC[C@H](C)CCC[C@]1(C)CCC1C(C)C.S.S. The van der Waals surface area contributed by atoms with Crippen LogP contribution in [0.1, 0.15) is 133 Å². The molecule has 1 saturated heterocycles. The minimum atomic E-state index is -1.23. The van der Waals surface area contributed by atoms with Crippen LogP contribution in [0.4, 0.5) is 0 Å². The van der Waals surface area contributed by atoms with Gasteiger partial charge < -0.3 is 19.9 Å². The van der Waals surface area contributed by atoms with Gasteiger partial charge in [-0.1, -0.05) is 79.0 Å². The fraction of sp³-hybridized carbons (Fsp3) is 0.527. The van der Waals surface area contributed by atoms with Gasteiger partial charge in [-0.3, -0.25) is 14.4 Å². The maximum absolute atomic E-state index is 14.4. The first-order valence-electron chi connectivity index (χ1n) is 24.0. The summed E-state index contributed by atoms with van der Waals surface area (Å²) < 4.78 is 11.1. The Kier molecular flexibility index (Phi) is 17.6. The quantitative estimate of drug-likeness (QED) is 0.0640. The second-order valence-electron chi connectivity index (χ2n) is 20.0. The number of nitrogens with zero attached hydrogens (tertiary/aromatic N) is 3. The lowest BCUT2D eigenvalue weighted by Gasteiger charge is -2.50. The number of hydrogen-bond donors (Lipinski definition) is 2. The van der Waals surface area contributed by atoms with E-state index in [9.17, 15) is 19.5 Å². The normalized spacial score (nSPS) is 26.3. The van der Waals surface area contributed by atoms with Crippen LogP contribution in [0.15, 0.2) is 131 Å². The number of fused-ring (bicyclic) bond motifs is 5. The Labute approximate surface area is 413 Å². The highest BCUT2D eigenvalue weighted by Gasteiger charge is 2.52. The first kappa shape index (κ1) is 53.3. The molecule has 0 radical (unpaired) electrons. The molecule has 6 atom stereocenters. The number of aliphatic hydroxyl groups is 1. The van der Waals surface area contributed by atoms with E-state index in [0.29, 0.717) is 86.4 Å². The Bertz CT molecular complexity index is 2450. The number of carbonyl (C=O) groups is 3. The van der Waals surface area contributed by atoms with Crippen LogP contribution in [0, 0.1) is 40.9 Å². The average Bonchev–Trinajstić information content (AvgIpc) is 4.02. The summed E-state index contributed by atoms with van der Waals surface area (Å²) in [6, 6.07) is 0. The Morgan fingerprint density at radius 2 is 1.75 bits per heavy atom. The minimum Gasteiger partial charge on any atom is -0.515 e. The van der Waals surface area contributed by atoms with Crippen LogP contribution in [0.2, 0.25) is 0 Å². The van der Waals surface area contributed by atoms with E-state index in [2.05, 4.69) is 53.4 Å². The van der Waals surface area contributed by atoms with E-state index in [1.54, 1.807) is 6.08 Å². The number of ketones is 1. The van der Waals surface area contributed by atoms with E-state index in [1.807, 2.05) is 45.1 Å². The molecule has 8 bridgehead atoms. The number of hydrogen-bond acceptors (Lipinski definition) is 10. The highest BCUT2D eigenvalue weighted by Crippen LogP contribution is 2.53. The van der Waals surface area contributed by atoms with Crippen molar-refractivity contribution in [3.05, 3.63) is 116 Å². The predicted molar refractivity (Wildman–Crippen MR) is 281 cm³/mol. The van der Waals surface area contributed by atoms with Crippen molar-refractivity contribution in [2.75, 3.05) is 13.7 Å². The van der Waals surface area contributed by atoms with Crippen molar-refractivity contribution in [1.29, 1.82) is 0 Å². The molecule has 2 aliphatic carbocycles. The summed E-state index contributed by atoms with van der Waals surface area (Å²) in [5.41, 5.74) is 11.4. The lowest BCUT2D eigenvalue weighted by atomic mass is 9.55. The molecule has 362 valence electrons. The third kappa shape index (κ3) is 10.5. The molecule has 2 saturated carbocycles. The molecule has 2 N–H and O–H groups in total. The van der Waals surface area contributed by atoms with Crippen molar-refractivity contribution < 1.29 is 29.0 Å². The van der Waals surface area contributed by atoms with Crippen molar-refractivity contribution in [2.45, 2.75) is 133 Å². The van der Waals surface area contributed by atoms with Gasteiger partial charge >= 0.3 is 11.9 Å². The molecule has 5 aliphatic heterocycles. The number of ether oxygens (including phenoxy) is 2. The van der Waals surface area contributed by atoms with Gasteiger partial charge in [0.15, 0.2) is 5.78 Å². The number of carbonyl (C=O) groups excluding carboxylic acids is 3. The lowest BCUT2D eigenvalue weighted by molar-refractivity contribution is -0.146. The number of nitrogens with one attached hydrogen (secondary N) is 1. The number of allylic oxidation sites excluding steroid dienone is 12. The molecule has 12 heteroatoms. The lowest BCUT2D eigenvalue weighted by Crippen LogP contribution is -2.40. The van der Waals surface area contributed by atoms with Gasteiger partial charge in [-0.25, -0.2) is 15.0 Å². The molecule has 5 heterocycles. The van der Waals surface area contributed by atoms with Crippen molar-refractivity contribution in [3.63, 3.8) is 0 Å². The topological polar surface area (TPSA) is 139 Å². The van der Waals surface area contributed by atoms with Gasteiger partial charge in [0.2, 0.25) is 0 Å². The summed E-state index contributed by atoms with van der Waals surface area (Å²) in [5, 5.41) is 14.1. The standard InChI is InChI=1S/C55H70N4O6.2H2S/c1-12-36-33(7)41-26-42-34(8)38(19-20-47(61)65-25-22-32(6)17-14-16-31(5)18-15-23-55(10)24-21-40(55)30(3)4)51(58-42)49-50(54(63)64-11)53(62)48-35(9)43(59-52(48)49)27-45-37(13-2)39(29-60)46(57-45)28-44(36)56-41;;/h12,22,26-31,34,38,40,50,58,60H,1,13-21,23-25H2,2-11H3;2*1H2/b32-22+,39-29?,42-26?,43-27?,44-28?,51-49?;;/t31-,34-,38-,40?,50?,55+;;/m0../s1. The summed E-state index contributed by atoms with van der Waals surface area (Å²) in [6.07, 6.45) is 21.7. The van der Waals surface area contributed by atoms with Crippen LogP contribution in [0.3, 0.4) is 0 Å². The van der Waals surface area contributed by atoms with Crippen molar-refractivity contribution >= 4 is 61.8 Å². The van der Waals surface area contributed by atoms with E-state index in [0.717, 1.165) is 53.4 Å². The van der Waals surface area contributed by atoms with Gasteiger partial charge in [-0.05, 0) is 130 Å². The predicted octanol–water partition coefficient (Wildman–Crippen LogP) is 12.0. The number of aliphatic hydroxyl groups excluding tert-OH is 1. The molecular weight excluding hydrogens is 877 g/mol. The average molecular weight is 951 g/mol. The van der Waals surface area contributed by atoms with Gasteiger partial charge in [0, 0.05) is 51.9 Å². The zero-order valence-corrected chi connectivity index (χ0v) is 43.5. The first-order chi connectivity index (χ1) is 31.0. The van der Waals surface area contributed by atoms with Crippen molar-refractivity contribution in [1.82, 2.24) is 5.32 Å². The number of Topliss-reactive ketones (excluding diaryl/α,β-unsaturated/α-hetero) is 1. The fourth-order valence-corrected chi connectivity index (χ4v) is 11.4. The van der Waals surface area contributed by atoms with Crippen LogP contribution < -0.4 is 5.32 Å². The molecule has 0 amide bonds. The van der Waals surface area contributed by atoms with Gasteiger partial charge in [0.25, 0.3) is 0 Å². The number of methoxy groups -OCH3 is 1. The Hall–Kier alpha value is -4.68. The van der Waals surface area contributed by atoms with E-state index in [4.69, 9.17) is 24.5 Å². The molecule has 0 aromatic carbocycles. The third-order valence-corrected chi connectivity index (χ3v) is 15.5. The number of aliphatic imine (C=N–C) groups is 3. The van der Waals surface area contributed by atoms with E-state index >= 15 is 0 Å². The van der Waals surface area contributed by atoms with E-state index in [-0.39, 0.29) is 63.6 Å². The van der Waals surface area contributed by atoms with Crippen LogP contribution in [0.25, 0.3) is 0 Å². The second-order valence-corrected chi connectivity index (χ2v) is 20.0. The summed E-state index contributed by atoms with van der Waals surface area (Å²) in [4.78, 5) is 56.5. The molecule has 0 spiro atoms. The second kappa shape index (κ2) is 22.2. The first-order valence-corrected chi connectivity index (χ1v) is 24.0. The van der Waals surface area contributed by atoms with E-state index in [1.165, 1.54) is 51.2 Å². The van der Waals surface area contributed by atoms with Crippen LogP contribution in [-0.4, -0.2) is 53.7 Å². The van der Waals surface area contributed by atoms with Gasteiger partial charge in [-0.15, -0.1) is 0 Å². The summed E-state index contributed by atoms with van der Waals surface area (Å²) in [5.74, 6) is -0.669. The van der Waals surface area contributed by atoms with Gasteiger partial charge in [0.05, 0.1) is 47.6 Å². The third-order valence-electron chi connectivity index (χ3n) is 15.5. The molecule has 7 aliphatic rings.